The molecule has 1 unspecified atom stereocenters. The molecule has 1 heterocycles. The number of imidazole rings is 1. The summed E-state index contributed by atoms with van der Waals surface area (Å²) >= 11 is 0. The minimum absolute atomic E-state index is 0.267. The molecule has 3 nitrogen and oxygen atoms in total. The third-order valence-electron chi connectivity index (χ3n) is 2.50. The number of aromatic nitrogens is 2. The van der Waals surface area contributed by atoms with Crippen LogP contribution in [-0.2, 0) is 7.05 Å². The molecule has 0 amide bonds. The molecule has 0 radical (unpaired) electrons. The number of aliphatic hydroxyl groups is 1. The van der Waals surface area contributed by atoms with Crippen molar-refractivity contribution in [3.8, 4) is 0 Å². The summed E-state index contributed by atoms with van der Waals surface area (Å²) in [5.41, 5.74) is 1.73. The van der Waals surface area contributed by atoms with Gasteiger partial charge in [0.1, 0.15) is 11.9 Å². The van der Waals surface area contributed by atoms with Crippen molar-refractivity contribution in [2.45, 2.75) is 13.0 Å². The van der Waals surface area contributed by atoms with E-state index in [0.717, 1.165) is 0 Å². The van der Waals surface area contributed by atoms with Gasteiger partial charge in [0.2, 0.25) is 0 Å². The van der Waals surface area contributed by atoms with E-state index in [9.17, 15) is 9.50 Å². The van der Waals surface area contributed by atoms with Crippen LogP contribution in [0.3, 0.4) is 0 Å². The Morgan fingerprint density at radius 2 is 2.19 bits per heavy atom. The van der Waals surface area contributed by atoms with E-state index in [1.54, 1.807) is 36.1 Å². The van der Waals surface area contributed by atoms with Gasteiger partial charge < -0.3 is 9.67 Å². The highest BCUT2D eigenvalue weighted by Crippen LogP contribution is 2.21. The van der Waals surface area contributed by atoms with E-state index in [1.165, 1.54) is 6.07 Å². The molecule has 0 bridgehead atoms. The van der Waals surface area contributed by atoms with E-state index in [0.29, 0.717) is 16.8 Å². The second-order valence-electron chi connectivity index (χ2n) is 3.88. The Bertz CT molecular complexity index is 507. The molecule has 84 valence electrons. The monoisotopic (exact) mass is 220 g/mol. The largest absolute Gasteiger partial charge is 0.382 e. The van der Waals surface area contributed by atoms with Gasteiger partial charge in [-0.1, -0.05) is 12.1 Å². The zero-order valence-corrected chi connectivity index (χ0v) is 9.18. The van der Waals surface area contributed by atoms with Gasteiger partial charge in [-0.3, -0.25) is 0 Å². The second-order valence-corrected chi connectivity index (χ2v) is 3.88. The molecular weight excluding hydrogens is 207 g/mol. The highest BCUT2D eigenvalue weighted by atomic mass is 19.1. The Kier molecular flexibility index (Phi) is 2.75. The molecule has 16 heavy (non-hydrogen) atoms. The van der Waals surface area contributed by atoms with Crippen LogP contribution in [0.5, 0.6) is 0 Å². The topological polar surface area (TPSA) is 38.0 Å². The molecule has 0 aliphatic rings. The van der Waals surface area contributed by atoms with Crippen molar-refractivity contribution in [3.63, 3.8) is 0 Å². The summed E-state index contributed by atoms with van der Waals surface area (Å²) in [6.07, 6.45) is 2.55. The van der Waals surface area contributed by atoms with Crippen LogP contribution in [0.1, 0.15) is 22.9 Å². The first-order valence-corrected chi connectivity index (χ1v) is 5.00. The molecule has 0 saturated heterocycles. The molecular formula is C12H13FN2O. The molecule has 0 fully saturated rings. The standard InChI is InChI=1S/C12H13FN2O/c1-8-5-9(3-4-10(8)13)12(16)11-6-15(2)7-14-11/h3-7,12,16H,1-2H3. The SMILES string of the molecule is Cc1cc(C(O)c2cn(C)cn2)ccc1F. The highest BCUT2D eigenvalue weighted by Gasteiger charge is 2.13. The average Bonchev–Trinajstić information content (AvgIpc) is 2.68. The predicted molar refractivity (Wildman–Crippen MR) is 58.4 cm³/mol. The fraction of sp³-hybridized carbons (Fsp3) is 0.250. The second kappa shape index (κ2) is 4.06. The zero-order chi connectivity index (χ0) is 11.7. The number of halogens is 1. The van der Waals surface area contributed by atoms with Gasteiger partial charge in [0.05, 0.1) is 12.0 Å². The Hall–Kier alpha value is -1.68. The van der Waals surface area contributed by atoms with Crippen LogP contribution in [0, 0.1) is 12.7 Å². The summed E-state index contributed by atoms with van der Waals surface area (Å²) in [5, 5.41) is 10.0. The first-order valence-electron chi connectivity index (χ1n) is 5.00. The maximum Gasteiger partial charge on any atom is 0.126 e. The lowest BCUT2D eigenvalue weighted by Crippen LogP contribution is -2.01. The molecule has 0 aliphatic heterocycles. The van der Waals surface area contributed by atoms with Gasteiger partial charge in [-0.15, -0.1) is 0 Å². The Morgan fingerprint density at radius 1 is 1.44 bits per heavy atom. The minimum atomic E-state index is -0.805. The zero-order valence-electron chi connectivity index (χ0n) is 9.18. The third kappa shape index (κ3) is 1.97. The lowest BCUT2D eigenvalue weighted by Gasteiger charge is -2.09. The smallest absolute Gasteiger partial charge is 0.126 e. The summed E-state index contributed by atoms with van der Waals surface area (Å²) in [4.78, 5) is 4.06. The number of benzene rings is 1. The van der Waals surface area contributed by atoms with Crippen LogP contribution in [0.2, 0.25) is 0 Å². The molecule has 1 N–H and O–H groups in total. The molecule has 1 aromatic carbocycles. The van der Waals surface area contributed by atoms with Crippen molar-refractivity contribution in [1.29, 1.82) is 0 Å². The summed E-state index contributed by atoms with van der Waals surface area (Å²) in [5.74, 6) is -0.267. The van der Waals surface area contributed by atoms with Gasteiger partial charge in [-0.2, -0.15) is 0 Å². The lowest BCUT2D eigenvalue weighted by molar-refractivity contribution is 0.215. The summed E-state index contributed by atoms with van der Waals surface area (Å²) in [6.45, 7) is 1.67. The van der Waals surface area contributed by atoms with Crippen LogP contribution in [0.25, 0.3) is 0 Å². The van der Waals surface area contributed by atoms with Crippen LogP contribution in [0.4, 0.5) is 4.39 Å². The summed E-state index contributed by atoms with van der Waals surface area (Å²) < 4.78 is 14.8. The number of rotatable bonds is 2. The van der Waals surface area contributed by atoms with Crippen LogP contribution in [-0.4, -0.2) is 14.7 Å². The minimum Gasteiger partial charge on any atom is -0.382 e. The Balaban J connectivity index is 2.33. The van der Waals surface area contributed by atoms with Crippen molar-refractivity contribution in [1.82, 2.24) is 9.55 Å². The first-order chi connectivity index (χ1) is 7.58. The molecule has 0 spiro atoms. The van der Waals surface area contributed by atoms with Crippen molar-refractivity contribution in [2.75, 3.05) is 0 Å². The van der Waals surface area contributed by atoms with Gasteiger partial charge in [0.25, 0.3) is 0 Å². The van der Waals surface area contributed by atoms with Gasteiger partial charge in [0.15, 0.2) is 0 Å². The molecule has 1 atom stereocenters. The molecule has 2 aromatic rings. The van der Waals surface area contributed by atoms with Gasteiger partial charge in [0, 0.05) is 13.2 Å². The maximum atomic E-state index is 13.1. The van der Waals surface area contributed by atoms with Crippen molar-refractivity contribution in [2.24, 2.45) is 7.05 Å². The molecule has 1 aromatic heterocycles. The first kappa shape index (κ1) is 10.8. The molecule has 0 saturated carbocycles. The number of hydrogen-bond acceptors (Lipinski definition) is 2. The van der Waals surface area contributed by atoms with Gasteiger partial charge in [-0.05, 0) is 24.1 Å². The Morgan fingerprint density at radius 3 is 2.75 bits per heavy atom. The highest BCUT2D eigenvalue weighted by molar-refractivity contribution is 5.29. The van der Waals surface area contributed by atoms with Crippen molar-refractivity contribution < 1.29 is 9.50 Å². The van der Waals surface area contributed by atoms with E-state index in [1.807, 2.05) is 7.05 Å². The van der Waals surface area contributed by atoms with Crippen LogP contribution in [0.15, 0.2) is 30.7 Å². The number of hydrogen-bond donors (Lipinski definition) is 1. The molecule has 0 aliphatic carbocycles. The van der Waals surface area contributed by atoms with E-state index in [-0.39, 0.29) is 5.82 Å². The van der Waals surface area contributed by atoms with Gasteiger partial charge in [-0.25, -0.2) is 9.37 Å². The summed E-state index contributed by atoms with van der Waals surface area (Å²) in [6, 6.07) is 4.56. The lowest BCUT2D eigenvalue weighted by atomic mass is 10.0. The number of nitrogens with zero attached hydrogens (tertiary/aromatic N) is 2. The Labute approximate surface area is 93.2 Å². The van der Waals surface area contributed by atoms with E-state index in [2.05, 4.69) is 4.98 Å². The number of aliphatic hydroxyl groups excluding tert-OH is 1. The molecule has 2 rings (SSSR count). The molecule has 4 heteroatoms. The van der Waals surface area contributed by atoms with Crippen LogP contribution >= 0.6 is 0 Å². The van der Waals surface area contributed by atoms with Crippen molar-refractivity contribution >= 4 is 0 Å². The van der Waals surface area contributed by atoms with E-state index >= 15 is 0 Å². The van der Waals surface area contributed by atoms with Crippen LogP contribution < -0.4 is 0 Å². The van der Waals surface area contributed by atoms with E-state index < -0.39 is 6.10 Å². The van der Waals surface area contributed by atoms with Crippen molar-refractivity contribution in [3.05, 3.63) is 53.4 Å². The third-order valence-corrected chi connectivity index (χ3v) is 2.50. The maximum absolute atomic E-state index is 13.1. The summed E-state index contributed by atoms with van der Waals surface area (Å²) in [7, 11) is 1.83. The van der Waals surface area contributed by atoms with Gasteiger partial charge >= 0.3 is 0 Å². The predicted octanol–water partition coefficient (Wildman–Crippen LogP) is 1.95. The quantitative estimate of drug-likeness (QED) is 0.840. The average molecular weight is 220 g/mol. The fourth-order valence-electron chi connectivity index (χ4n) is 1.58. The normalized spacial score (nSPS) is 12.8. The fourth-order valence-corrected chi connectivity index (χ4v) is 1.58. The number of aryl methyl sites for hydroxylation is 2. The van der Waals surface area contributed by atoms with E-state index in [4.69, 9.17) is 0 Å².